The number of hydrogen-bond acceptors (Lipinski definition) is 1. The Morgan fingerprint density at radius 3 is 2.42 bits per heavy atom. The van der Waals surface area contributed by atoms with Crippen LogP contribution < -0.4 is 5.32 Å². The fourth-order valence-electron chi connectivity index (χ4n) is 0.392. The lowest BCUT2D eigenvalue weighted by atomic mass is 10.6. The van der Waals surface area contributed by atoms with Gasteiger partial charge in [0.1, 0.15) is 0 Å². The van der Waals surface area contributed by atoms with E-state index in [1.807, 2.05) is 0 Å². The molecule has 0 radical (unpaired) electrons. The number of hydrogen-bond donors (Lipinski definition) is 1. The molecule has 0 saturated heterocycles. The van der Waals surface area contributed by atoms with Gasteiger partial charge in [-0.3, -0.25) is 0 Å². The molecule has 0 aromatic carbocycles. The van der Waals surface area contributed by atoms with Gasteiger partial charge in [0.2, 0.25) is 5.84 Å². The summed E-state index contributed by atoms with van der Waals surface area (Å²) < 4.78 is 35.7. The van der Waals surface area contributed by atoms with Crippen molar-refractivity contribution in [3.8, 4) is 0 Å². The third-order valence-electron chi connectivity index (χ3n) is 0.783. The molecule has 0 amide bonds. The maximum Gasteiger partial charge on any atom is 0.451 e. The molecule has 0 spiro atoms. The highest BCUT2D eigenvalue weighted by Gasteiger charge is 2.35. The van der Waals surface area contributed by atoms with Crippen LogP contribution in [0.5, 0.6) is 0 Å². The third-order valence-corrected chi connectivity index (χ3v) is 0.783. The van der Waals surface area contributed by atoms with Gasteiger partial charge in [-0.05, 0) is 0 Å². The molecule has 0 bridgehead atoms. The van der Waals surface area contributed by atoms with Gasteiger partial charge in [-0.1, -0.05) is 6.58 Å². The summed E-state index contributed by atoms with van der Waals surface area (Å²) in [7, 11) is 1.44. The van der Waals surface area contributed by atoms with Crippen molar-refractivity contribution in [3.05, 3.63) is 12.8 Å². The average Bonchev–Trinajstić information content (AvgIpc) is 1.95. The van der Waals surface area contributed by atoms with Gasteiger partial charge in [0.25, 0.3) is 0 Å². The molecule has 0 fully saturated rings. The highest BCUT2D eigenvalue weighted by molar-refractivity contribution is 5.93. The lowest BCUT2D eigenvalue weighted by molar-refractivity contribution is -0.0596. The number of amidine groups is 1. The van der Waals surface area contributed by atoms with Gasteiger partial charge in [-0.25, -0.2) is 9.98 Å². The Morgan fingerprint density at radius 2 is 2.08 bits per heavy atom. The zero-order chi connectivity index (χ0) is 9.61. The van der Waals surface area contributed by atoms with Crippen LogP contribution in [0.4, 0.5) is 13.2 Å². The normalized spacial score (nSPS) is 13.5. The first-order chi connectivity index (χ1) is 5.52. The Hall–Kier alpha value is -1.33. The van der Waals surface area contributed by atoms with E-state index in [2.05, 4.69) is 21.9 Å². The van der Waals surface area contributed by atoms with Crippen molar-refractivity contribution in [2.75, 3.05) is 7.05 Å². The molecular weight excluding hydrogens is 171 g/mol. The van der Waals surface area contributed by atoms with E-state index in [1.165, 1.54) is 7.05 Å². The van der Waals surface area contributed by atoms with E-state index in [-0.39, 0.29) is 0 Å². The lowest BCUT2D eigenvalue weighted by Crippen LogP contribution is -2.21. The van der Waals surface area contributed by atoms with Gasteiger partial charge >= 0.3 is 6.18 Å². The largest absolute Gasteiger partial charge is 0.451 e. The monoisotopic (exact) mass is 179 g/mol. The molecule has 1 N–H and O–H groups in total. The van der Waals surface area contributed by atoms with Crippen LogP contribution in [0.15, 0.2) is 22.8 Å². The second-order valence-electron chi connectivity index (χ2n) is 1.68. The molecule has 0 unspecified atom stereocenters. The van der Waals surface area contributed by atoms with Crippen molar-refractivity contribution in [1.29, 1.82) is 0 Å². The van der Waals surface area contributed by atoms with Gasteiger partial charge < -0.3 is 5.32 Å². The Labute approximate surface area is 67.7 Å². The first-order valence-corrected chi connectivity index (χ1v) is 2.98. The van der Waals surface area contributed by atoms with Crippen LogP contribution in [0.25, 0.3) is 0 Å². The molecular formula is C6H8F3N3. The lowest BCUT2D eigenvalue weighted by Gasteiger charge is -2.03. The number of nitrogens with zero attached hydrogens (tertiary/aromatic N) is 2. The quantitative estimate of drug-likeness (QED) is 0.504. The van der Waals surface area contributed by atoms with Crippen LogP contribution in [-0.2, 0) is 0 Å². The Bertz CT molecular complexity index is 205. The molecule has 68 valence electrons. The fraction of sp³-hybridized carbons (Fsp3) is 0.333. The van der Waals surface area contributed by atoms with Gasteiger partial charge in [-0.2, -0.15) is 13.2 Å². The van der Waals surface area contributed by atoms with Crippen molar-refractivity contribution < 1.29 is 13.2 Å². The number of alkyl halides is 3. The van der Waals surface area contributed by atoms with Crippen molar-refractivity contribution >= 4 is 12.2 Å². The number of halogens is 3. The minimum absolute atomic E-state index is 0.788. The minimum Gasteiger partial charge on any atom is -0.379 e. The summed E-state index contributed by atoms with van der Waals surface area (Å²) in [6.07, 6.45) is -2.85. The van der Waals surface area contributed by atoms with Crippen molar-refractivity contribution in [3.63, 3.8) is 0 Å². The molecule has 0 heterocycles. The molecule has 12 heavy (non-hydrogen) atoms. The van der Waals surface area contributed by atoms with Crippen LogP contribution in [0, 0.1) is 0 Å². The van der Waals surface area contributed by atoms with E-state index >= 15 is 0 Å². The van der Waals surface area contributed by atoms with E-state index in [1.54, 1.807) is 0 Å². The average molecular weight is 179 g/mol. The van der Waals surface area contributed by atoms with E-state index in [9.17, 15) is 13.2 Å². The van der Waals surface area contributed by atoms with Crippen LogP contribution in [0.3, 0.4) is 0 Å². The van der Waals surface area contributed by atoms with E-state index in [4.69, 9.17) is 0 Å². The van der Waals surface area contributed by atoms with Crippen LogP contribution >= 0.6 is 0 Å². The van der Waals surface area contributed by atoms with Crippen molar-refractivity contribution in [1.82, 2.24) is 5.32 Å². The van der Waals surface area contributed by atoms with Crippen molar-refractivity contribution in [2.45, 2.75) is 6.18 Å². The predicted octanol–water partition coefficient (Wildman–Crippen LogP) is 1.34. The molecule has 0 saturated carbocycles. The summed E-state index contributed by atoms with van der Waals surface area (Å²) in [5.74, 6) is -1.23. The second kappa shape index (κ2) is 4.53. The molecule has 0 aliphatic heterocycles. The zero-order valence-electron chi connectivity index (χ0n) is 6.39. The number of nitrogens with one attached hydrogen (secondary N) is 1. The highest BCUT2D eigenvalue weighted by Crippen LogP contribution is 2.17. The van der Waals surface area contributed by atoms with Gasteiger partial charge in [0.05, 0.1) is 6.34 Å². The summed E-state index contributed by atoms with van der Waals surface area (Å²) >= 11 is 0. The standard InChI is InChI=1S/C6H8F3N3/c1-3-11-5(6(7,8)9)12-4-10-2/h3-4H,1H2,2H3,(H,10,11,12). The summed E-state index contributed by atoms with van der Waals surface area (Å²) in [5, 5.41) is 2.32. The molecule has 3 nitrogen and oxygen atoms in total. The zero-order valence-corrected chi connectivity index (χ0v) is 6.39. The minimum atomic E-state index is -4.54. The Balaban J connectivity index is 4.57. The Morgan fingerprint density at radius 1 is 1.50 bits per heavy atom. The summed E-state index contributed by atoms with van der Waals surface area (Å²) in [4.78, 5) is 5.97. The molecule has 0 aromatic heterocycles. The van der Waals surface area contributed by atoms with Gasteiger partial charge in [0.15, 0.2) is 0 Å². The first kappa shape index (κ1) is 10.7. The molecule has 0 aliphatic rings. The summed E-state index contributed by atoms with van der Waals surface area (Å²) in [6, 6.07) is 0. The second-order valence-corrected chi connectivity index (χ2v) is 1.68. The molecule has 0 atom stereocenters. The van der Waals surface area contributed by atoms with Crippen molar-refractivity contribution in [2.24, 2.45) is 9.98 Å². The molecule has 0 aromatic rings. The summed E-state index contributed by atoms with van der Waals surface area (Å²) in [5.41, 5.74) is 0. The maximum atomic E-state index is 11.9. The number of rotatable bonds is 2. The fourth-order valence-corrected chi connectivity index (χ4v) is 0.392. The van der Waals surface area contributed by atoms with Crippen LogP contribution in [-0.4, -0.2) is 25.4 Å². The smallest absolute Gasteiger partial charge is 0.379 e. The highest BCUT2D eigenvalue weighted by atomic mass is 19.4. The summed E-state index contributed by atoms with van der Waals surface area (Å²) in [6.45, 7) is 3.04. The van der Waals surface area contributed by atoms with E-state index in [0.717, 1.165) is 12.5 Å². The van der Waals surface area contributed by atoms with E-state index in [0.29, 0.717) is 0 Å². The topological polar surface area (TPSA) is 36.8 Å². The van der Waals surface area contributed by atoms with Gasteiger partial charge in [0, 0.05) is 13.2 Å². The SMILES string of the molecule is C=C/N=C(\N=C/NC)C(F)(F)F. The van der Waals surface area contributed by atoms with E-state index < -0.39 is 12.0 Å². The maximum absolute atomic E-state index is 11.9. The third kappa shape index (κ3) is 3.75. The Kier molecular flexibility index (Phi) is 4.03. The van der Waals surface area contributed by atoms with Gasteiger partial charge in [-0.15, -0.1) is 0 Å². The predicted molar refractivity (Wildman–Crippen MR) is 41.2 cm³/mol. The molecule has 6 heteroatoms. The van der Waals surface area contributed by atoms with Crippen LogP contribution in [0.2, 0.25) is 0 Å². The molecule has 0 aliphatic carbocycles. The molecule has 0 rings (SSSR count). The first-order valence-electron chi connectivity index (χ1n) is 2.98. The van der Waals surface area contributed by atoms with Crippen LogP contribution in [0.1, 0.15) is 0 Å². The number of aliphatic imine (C=N–C) groups is 2.